The monoisotopic (exact) mass is 475 g/mol. The number of hydrogen-bond donors (Lipinski definition) is 4. The first-order chi connectivity index (χ1) is 16.0. The predicted octanol–water partition coefficient (Wildman–Crippen LogP) is 2.81. The molecule has 34 heavy (non-hydrogen) atoms. The first kappa shape index (κ1) is 27.8. The van der Waals surface area contributed by atoms with Crippen LogP contribution in [0.1, 0.15) is 71.8 Å². The largest absolute Gasteiger partial charge is 0.393 e. The van der Waals surface area contributed by atoms with Gasteiger partial charge >= 0.3 is 0 Å². The average molecular weight is 476 g/mol. The van der Waals surface area contributed by atoms with E-state index in [1.54, 1.807) is 6.92 Å². The Morgan fingerprint density at radius 3 is 2.44 bits per heavy atom. The number of amides is 3. The zero-order valence-electron chi connectivity index (χ0n) is 20.9. The molecule has 1 aromatic carbocycles. The van der Waals surface area contributed by atoms with Crippen molar-refractivity contribution in [2.45, 2.75) is 96.9 Å². The summed E-state index contributed by atoms with van der Waals surface area (Å²) in [6, 6.07) is 8.23. The zero-order valence-corrected chi connectivity index (χ0v) is 20.9. The molecule has 2 rings (SSSR count). The molecule has 0 spiro atoms. The van der Waals surface area contributed by atoms with Crippen molar-refractivity contribution in [3.63, 3.8) is 0 Å². The lowest BCUT2D eigenvalue weighted by molar-refractivity contribution is -0.166. The number of hydrogen-bond acceptors (Lipinski definition) is 5. The number of aliphatic hydroxyl groups excluding tert-OH is 1. The standard InChI is InChI=1S/C26H41N3O5/c1-18(29(34)17-30)22(15-8-12-19-10-6-5-7-11-19)24(32)28-23(26(2,3)4)25(33)27-20-13-9-14-21(31)16-20/h5-7,10-11,17-18,20-23,31,34H,8-9,12-16H2,1-4H3,(H,27,33)(H,28,32). The Labute approximate surface area is 203 Å². The minimum absolute atomic E-state index is 0.124. The molecule has 190 valence electrons. The molecular formula is C26H41N3O5. The van der Waals surface area contributed by atoms with Gasteiger partial charge in [-0.25, -0.2) is 5.06 Å². The molecule has 1 fully saturated rings. The third kappa shape index (κ3) is 8.40. The van der Waals surface area contributed by atoms with Crippen LogP contribution in [0.2, 0.25) is 0 Å². The Morgan fingerprint density at radius 2 is 1.85 bits per heavy atom. The highest BCUT2D eigenvalue weighted by Gasteiger charge is 2.37. The highest BCUT2D eigenvalue weighted by Crippen LogP contribution is 2.24. The van der Waals surface area contributed by atoms with Crippen molar-refractivity contribution in [2.24, 2.45) is 11.3 Å². The molecule has 0 bridgehead atoms. The molecule has 0 heterocycles. The van der Waals surface area contributed by atoms with Crippen molar-refractivity contribution in [3.05, 3.63) is 35.9 Å². The first-order valence-electron chi connectivity index (χ1n) is 12.3. The number of nitrogens with one attached hydrogen (secondary N) is 2. The topological polar surface area (TPSA) is 119 Å². The van der Waals surface area contributed by atoms with Crippen LogP contribution in [0.5, 0.6) is 0 Å². The minimum atomic E-state index is -0.800. The van der Waals surface area contributed by atoms with Gasteiger partial charge < -0.3 is 15.7 Å². The van der Waals surface area contributed by atoms with E-state index < -0.39 is 29.5 Å². The Kier molecular flexibility index (Phi) is 10.5. The molecule has 5 atom stereocenters. The number of rotatable bonds is 11. The molecule has 3 amide bonds. The SMILES string of the molecule is CC(C(CCCc1ccccc1)C(=O)NC(C(=O)NC1CCCC(O)C1)C(C)(C)C)N(O)C=O. The Bertz CT molecular complexity index is 795. The predicted molar refractivity (Wildman–Crippen MR) is 130 cm³/mol. The summed E-state index contributed by atoms with van der Waals surface area (Å²) >= 11 is 0. The van der Waals surface area contributed by atoms with Crippen LogP contribution in [0.25, 0.3) is 0 Å². The zero-order chi connectivity index (χ0) is 25.3. The van der Waals surface area contributed by atoms with Gasteiger partial charge in [0.25, 0.3) is 0 Å². The first-order valence-corrected chi connectivity index (χ1v) is 12.3. The number of aryl methyl sites for hydroxylation is 1. The summed E-state index contributed by atoms with van der Waals surface area (Å²) in [5, 5.41) is 26.3. The van der Waals surface area contributed by atoms with E-state index in [-0.39, 0.29) is 17.9 Å². The smallest absolute Gasteiger partial charge is 0.243 e. The van der Waals surface area contributed by atoms with E-state index in [4.69, 9.17) is 0 Å². The second kappa shape index (κ2) is 12.9. The Morgan fingerprint density at radius 1 is 1.18 bits per heavy atom. The molecule has 1 aliphatic carbocycles. The molecule has 8 heteroatoms. The summed E-state index contributed by atoms with van der Waals surface area (Å²) in [4.78, 5) is 37.7. The third-order valence-corrected chi connectivity index (χ3v) is 6.68. The third-order valence-electron chi connectivity index (χ3n) is 6.68. The van der Waals surface area contributed by atoms with Crippen LogP contribution >= 0.6 is 0 Å². The highest BCUT2D eigenvalue weighted by atomic mass is 16.5. The summed E-state index contributed by atoms with van der Waals surface area (Å²) in [5.74, 6) is -1.35. The van der Waals surface area contributed by atoms with E-state index in [0.29, 0.717) is 30.7 Å². The molecule has 4 N–H and O–H groups in total. The van der Waals surface area contributed by atoms with Crippen LogP contribution in [0.15, 0.2) is 30.3 Å². The van der Waals surface area contributed by atoms with Gasteiger partial charge in [-0.1, -0.05) is 51.1 Å². The van der Waals surface area contributed by atoms with Crippen molar-refractivity contribution < 1.29 is 24.7 Å². The fourth-order valence-corrected chi connectivity index (χ4v) is 4.55. The Hall–Kier alpha value is -2.45. The molecule has 0 radical (unpaired) electrons. The van der Waals surface area contributed by atoms with Gasteiger partial charge in [-0.2, -0.15) is 0 Å². The number of nitrogens with zero attached hydrogens (tertiary/aromatic N) is 1. The molecule has 8 nitrogen and oxygen atoms in total. The van der Waals surface area contributed by atoms with E-state index in [2.05, 4.69) is 10.6 Å². The quantitative estimate of drug-likeness (QED) is 0.223. The Balaban J connectivity index is 2.10. The number of carbonyl (C=O) groups excluding carboxylic acids is 3. The number of aliphatic hydroxyl groups is 1. The second-order valence-corrected chi connectivity index (χ2v) is 10.5. The van der Waals surface area contributed by atoms with Crippen molar-refractivity contribution in [3.8, 4) is 0 Å². The van der Waals surface area contributed by atoms with Gasteiger partial charge in [0.05, 0.1) is 18.1 Å². The minimum Gasteiger partial charge on any atom is -0.393 e. The van der Waals surface area contributed by atoms with Crippen LogP contribution in [-0.4, -0.2) is 57.8 Å². The van der Waals surface area contributed by atoms with Gasteiger partial charge in [0.15, 0.2) is 0 Å². The van der Waals surface area contributed by atoms with E-state index in [0.717, 1.165) is 31.2 Å². The molecule has 1 aromatic rings. The molecule has 1 aliphatic rings. The summed E-state index contributed by atoms with van der Waals surface area (Å²) < 4.78 is 0. The van der Waals surface area contributed by atoms with E-state index in [9.17, 15) is 24.7 Å². The maximum Gasteiger partial charge on any atom is 0.243 e. The molecule has 0 saturated heterocycles. The van der Waals surface area contributed by atoms with Crippen LogP contribution < -0.4 is 10.6 Å². The number of carbonyl (C=O) groups is 3. The van der Waals surface area contributed by atoms with Crippen molar-refractivity contribution in [1.29, 1.82) is 0 Å². The van der Waals surface area contributed by atoms with Crippen LogP contribution in [0, 0.1) is 11.3 Å². The van der Waals surface area contributed by atoms with Crippen molar-refractivity contribution in [1.82, 2.24) is 15.7 Å². The molecule has 5 unspecified atom stereocenters. The average Bonchev–Trinajstić information content (AvgIpc) is 2.79. The van der Waals surface area contributed by atoms with Crippen LogP contribution in [0.4, 0.5) is 0 Å². The van der Waals surface area contributed by atoms with Gasteiger partial charge in [-0.05, 0) is 62.8 Å². The van der Waals surface area contributed by atoms with E-state index in [1.807, 2.05) is 51.1 Å². The van der Waals surface area contributed by atoms with Crippen molar-refractivity contribution >= 4 is 18.2 Å². The lowest BCUT2D eigenvalue weighted by Gasteiger charge is -2.35. The van der Waals surface area contributed by atoms with Gasteiger partial charge in [0, 0.05) is 6.04 Å². The maximum atomic E-state index is 13.4. The summed E-state index contributed by atoms with van der Waals surface area (Å²) in [6.07, 6.45) is 4.66. The highest BCUT2D eigenvalue weighted by molar-refractivity contribution is 5.89. The van der Waals surface area contributed by atoms with Gasteiger partial charge in [-0.15, -0.1) is 0 Å². The second-order valence-electron chi connectivity index (χ2n) is 10.5. The lowest BCUT2D eigenvalue weighted by Crippen LogP contribution is -2.58. The molecule has 0 aromatic heterocycles. The normalized spacial score (nSPS) is 21.1. The summed E-state index contributed by atoms with van der Waals surface area (Å²) in [6.45, 7) is 7.26. The van der Waals surface area contributed by atoms with Gasteiger partial charge in [0.2, 0.25) is 18.2 Å². The van der Waals surface area contributed by atoms with Crippen LogP contribution in [0.3, 0.4) is 0 Å². The molecular weight excluding hydrogens is 434 g/mol. The van der Waals surface area contributed by atoms with E-state index >= 15 is 0 Å². The van der Waals surface area contributed by atoms with E-state index in [1.165, 1.54) is 0 Å². The number of hydroxylamine groups is 2. The molecule has 1 saturated carbocycles. The summed E-state index contributed by atoms with van der Waals surface area (Å²) in [5.41, 5.74) is 0.584. The maximum absolute atomic E-state index is 13.4. The van der Waals surface area contributed by atoms with Gasteiger partial charge in [0.1, 0.15) is 6.04 Å². The fourth-order valence-electron chi connectivity index (χ4n) is 4.55. The van der Waals surface area contributed by atoms with Crippen molar-refractivity contribution in [2.75, 3.05) is 0 Å². The molecule has 0 aliphatic heterocycles. The van der Waals surface area contributed by atoms with Crippen LogP contribution in [-0.2, 0) is 20.8 Å². The summed E-state index contributed by atoms with van der Waals surface area (Å²) in [7, 11) is 0. The lowest BCUT2D eigenvalue weighted by atomic mass is 9.84. The fraction of sp³-hybridized carbons (Fsp3) is 0.654. The van der Waals surface area contributed by atoms with Gasteiger partial charge in [-0.3, -0.25) is 19.6 Å². The number of benzene rings is 1.